The van der Waals surface area contributed by atoms with E-state index in [2.05, 4.69) is 14.6 Å². The summed E-state index contributed by atoms with van der Waals surface area (Å²) in [5.74, 6) is 0. The van der Waals surface area contributed by atoms with Gasteiger partial charge in [-0.2, -0.15) is 0 Å². The highest BCUT2D eigenvalue weighted by atomic mass is 35.5. The molecular weight excluding hydrogens is 333 g/mol. The van der Waals surface area contributed by atoms with Gasteiger partial charge in [0.25, 0.3) is 0 Å². The van der Waals surface area contributed by atoms with E-state index in [0.717, 1.165) is 32.4 Å². The average Bonchev–Trinajstić information content (AvgIpc) is 2.88. The molecule has 0 bridgehead atoms. The van der Waals surface area contributed by atoms with Crippen LogP contribution in [0.15, 0.2) is 17.2 Å². The van der Waals surface area contributed by atoms with Crippen LogP contribution >= 0.6 is 23.2 Å². The second-order valence-electron chi connectivity index (χ2n) is 5.62. The third-order valence-electron chi connectivity index (χ3n) is 4.22. The molecule has 1 N–H and O–H groups in total. The van der Waals surface area contributed by atoms with E-state index in [4.69, 9.17) is 23.2 Å². The molecule has 2 atom stereocenters. The highest BCUT2D eigenvalue weighted by Crippen LogP contribution is 2.28. The van der Waals surface area contributed by atoms with E-state index in [1.54, 1.807) is 0 Å². The summed E-state index contributed by atoms with van der Waals surface area (Å²) in [5.41, 5.74) is 0. The molecule has 1 aromatic rings. The molecule has 8 heteroatoms. The number of rotatable bonds is 3. The van der Waals surface area contributed by atoms with Crippen molar-refractivity contribution in [3.8, 4) is 0 Å². The highest BCUT2D eigenvalue weighted by molar-refractivity contribution is 7.89. The van der Waals surface area contributed by atoms with Gasteiger partial charge in [-0.05, 0) is 44.8 Å². The van der Waals surface area contributed by atoms with Crippen molar-refractivity contribution in [1.82, 2.24) is 14.6 Å². The second kappa shape index (κ2) is 6.01. The topological polar surface area (TPSA) is 62.3 Å². The average molecular weight is 350 g/mol. The van der Waals surface area contributed by atoms with Crippen molar-refractivity contribution in [2.75, 3.05) is 13.1 Å². The molecule has 116 valence electrons. The number of piperidine rings is 1. The largest absolute Gasteiger partial charge is 0.300 e. The SMILES string of the molecule is O=S(=O)(NC1CCN2CCCC2C1)c1cnc(Cl)c(Cl)c1. The van der Waals surface area contributed by atoms with Gasteiger partial charge in [0, 0.05) is 18.3 Å². The number of nitrogens with zero attached hydrogens (tertiary/aromatic N) is 2. The first-order chi connectivity index (χ1) is 9.95. The Hall–Kier alpha value is -0.400. The maximum atomic E-state index is 12.4. The van der Waals surface area contributed by atoms with Crippen LogP contribution in [0.5, 0.6) is 0 Å². The fourth-order valence-corrected chi connectivity index (χ4v) is 4.76. The number of halogens is 2. The van der Waals surface area contributed by atoms with Crippen LogP contribution in [0.1, 0.15) is 25.7 Å². The Labute approximate surface area is 134 Å². The first kappa shape index (κ1) is 15.5. The lowest BCUT2D eigenvalue weighted by molar-refractivity contribution is 0.176. The Morgan fingerprint density at radius 2 is 2.10 bits per heavy atom. The molecule has 0 radical (unpaired) electrons. The summed E-state index contributed by atoms with van der Waals surface area (Å²) in [6.07, 6.45) is 5.31. The van der Waals surface area contributed by atoms with Crippen LogP contribution in [0.3, 0.4) is 0 Å². The molecule has 2 aliphatic heterocycles. The van der Waals surface area contributed by atoms with Gasteiger partial charge < -0.3 is 4.90 Å². The van der Waals surface area contributed by atoms with Crippen LogP contribution in [0.25, 0.3) is 0 Å². The lowest BCUT2D eigenvalue weighted by Gasteiger charge is -2.34. The zero-order valence-electron chi connectivity index (χ0n) is 11.4. The van der Waals surface area contributed by atoms with E-state index in [0.29, 0.717) is 6.04 Å². The van der Waals surface area contributed by atoms with Gasteiger partial charge in [-0.1, -0.05) is 23.2 Å². The van der Waals surface area contributed by atoms with Crippen molar-refractivity contribution < 1.29 is 8.42 Å². The second-order valence-corrected chi connectivity index (χ2v) is 8.10. The fourth-order valence-electron chi connectivity index (χ4n) is 3.17. The standard InChI is InChI=1S/C13H17Cl2N3O2S/c14-12-7-11(8-16-13(12)15)21(19,20)17-9-3-5-18-4-1-2-10(18)6-9/h7-10,17H,1-6H2. The summed E-state index contributed by atoms with van der Waals surface area (Å²) in [6, 6.07) is 1.83. The van der Waals surface area contributed by atoms with Crippen molar-refractivity contribution >= 4 is 33.2 Å². The molecule has 2 aliphatic rings. The lowest BCUT2D eigenvalue weighted by atomic mass is 9.99. The summed E-state index contributed by atoms with van der Waals surface area (Å²) < 4.78 is 27.6. The van der Waals surface area contributed by atoms with E-state index < -0.39 is 10.0 Å². The fraction of sp³-hybridized carbons (Fsp3) is 0.615. The molecule has 0 aliphatic carbocycles. The van der Waals surface area contributed by atoms with Crippen LogP contribution in [0.2, 0.25) is 10.2 Å². The third-order valence-corrected chi connectivity index (χ3v) is 6.40. The normalized spacial score (nSPS) is 26.8. The first-order valence-electron chi connectivity index (χ1n) is 7.03. The first-order valence-corrected chi connectivity index (χ1v) is 9.27. The molecule has 2 saturated heterocycles. The van der Waals surface area contributed by atoms with Gasteiger partial charge in [-0.15, -0.1) is 0 Å². The van der Waals surface area contributed by atoms with Crippen molar-refractivity contribution in [1.29, 1.82) is 0 Å². The summed E-state index contributed by atoms with van der Waals surface area (Å²) in [5, 5.41) is 0.250. The predicted octanol–water partition coefficient (Wildman–Crippen LogP) is 2.29. The third kappa shape index (κ3) is 3.35. The molecule has 1 aromatic heterocycles. The van der Waals surface area contributed by atoms with Crippen LogP contribution in [0.4, 0.5) is 0 Å². The number of nitrogens with one attached hydrogen (secondary N) is 1. The van der Waals surface area contributed by atoms with Crippen molar-refractivity contribution in [2.24, 2.45) is 0 Å². The van der Waals surface area contributed by atoms with Crippen LogP contribution < -0.4 is 4.72 Å². The zero-order valence-corrected chi connectivity index (χ0v) is 13.8. The molecule has 0 amide bonds. The van der Waals surface area contributed by atoms with E-state index in [9.17, 15) is 8.42 Å². The minimum atomic E-state index is -3.60. The summed E-state index contributed by atoms with van der Waals surface area (Å²) in [4.78, 5) is 6.31. The Morgan fingerprint density at radius 1 is 1.29 bits per heavy atom. The van der Waals surface area contributed by atoms with Gasteiger partial charge in [-0.25, -0.2) is 18.1 Å². The Morgan fingerprint density at radius 3 is 2.86 bits per heavy atom. The Balaban J connectivity index is 1.72. The number of hydrogen-bond donors (Lipinski definition) is 1. The molecule has 5 nitrogen and oxygen atoms in total. The van der Waals surface area contributed by atoms with Crippen LogP contribution in [-0.4, -0.2) is 43.5 Å². The molecule has 3 heterocycles. The van der Waals surface area contributed by atoms with Crippen molar-refractivity contribution in [2.45, 2.75) is 42.7 Å². The number of hydrogen-bond acceptors (Lipinski definition) is 4. The quantitative estimate of drug-likeness (QED) is 0.850. The van der Waals surface area contributed by atoms with Gasteiger partial charge >= 0.3 is 0 Å². The van der Waals surface area contributed by atoms with Crippen molar-refractivity contribution in [3.63, 3.8) is 0 Å². The molecule has 0 aromatic carbocycles. The smallest absolute Gasteiger partial charge is 0.242 e. The molecule has 0 saturated carbocycles. The highest BCUT2D eigenvalue weighted by Gasteiger charge is 2.33. The number of fused-ring (bicyclic) bond motifs is 1. The van der Waals surface area contributed by atoms with E-state index in [1.165, 1.54) is 18.7 Å². The van der Waals surface area contributed by atoms with Crippen LogP contribution in [-0.2, 0) is 10.0 Å². The molecular formula is C13H17Cl2N3O2S. The Kier molecular flexibility index (Phi) is 4.43. The van der Waals surface area contributed by atoms with Crippen molar-refractivity contribution in [3.05, 3.63) is 22.4 Å². The molecule has 3 rings (SSSR count). The predicted molar refractivity (Wildman–Crippen MR) is 82.2 cm³/mol. The lowest BCUT2D eigenvalue weighted by Crippen LogP contribution is -2.47. The Bertz CT molecular complexity index is 638. The minimum Gasteiger partial charge on any atom is -0.300 e. The summed E-state index contributed by atoms with van der Waals surface area (Å²) in [7, 11) is -3.60. The van der Waals surface area contributed by atoms with E-state index in [1.807, 2.05) is 0 Å². The maximum Gasteiger partial charge on any atom is 0.242 e. The van der Waals surface area contributed by atoms with E-state index >= 15 is 0 Å². The van der Waals surface area contributed by atoms with Gasteiger partial charge in [0.05, 0.1) is 5.02 Å². The van der Waals surface area contributed by atoms with Gasteiger partial charge in [0.2, 0.25) is 10.0 Å². The number of aromatic nitrogens is 1. The maximum absolute atomic E-state index is 12.4. The number of pyridine rings is 1. The molecule has 21 heavy (non-hydrogen) atoms. The monoisotopic (exact) mass is 349 g/mol. The molecule has 2 fully saturated rings. The van der Waals surface area contributed by atoms with Gasteiger partial charge in [0.15, 0.2) is 0 Å². The van der Waals surface area contributed by atoms with Crippen LogP contribution in [0, 0.1) is 0 Å². The van der Waals surface area contributed by atoms with Gasteiger partial charge in [0.1, 0.15) is 10.0 Å². The summed E-state index contributed by atoms with van der Waals surface area (Å²) >= 11 is 11.6. The zero-order chi connectivity index (χ0) is 15.0. The minimum absolute atomic E-state index is 0.0243. The van der Waals surface area contributed by atoms with Gasteiger partial charge in [-0.3, -0.25) is 0 Å². The molecule has 0 spiro atoms. The molecule has 2 unspecified atom stereocenters. The number of sulfonamides is 1. The van der Waals surface area contributed by atoms with E-state index in [-0.39, 0.29) is 21.1 Å². The summed E-state index contributed by atoms with van der Waals surface area (Å²) in [6.45, 7) is 2.10.